The van der Waals surface area contributed by atoms with Gasteiger partial charge >= 0.3 is 5.97 Å². The normalized spacial score (nSPS) is 10.6. The van der Waals surface area contributed by atoms with Crippen molar-refractivity contribution < 1.29 is 18.3 Å². The van der Waals surface area contributed by atoms with Gasteiger partial charge in [0.1, 0.15) is 0 Å². The summed E-state index contributed by atoms with van der Waals surface area (Å²) in [5.41, 5.74) is -1.42. The van der Waals surface area contributed by atoms with E-state index in [9.17, 15) is 18.4 Å². The minimum Gasteiger partial charge on any atom is -0.469 e. The van der Waals surface area contributed by atoms with E-state index in [0.29, 0.717) is 0 Å². The number of H-pyrrole nitrogens is 1. The second-order valence-corrected chi connectivity index (χ2v) is 3.33. The van der Waals surface area contributed by atoms with E-state index in [0.717, 1.165) is 13.2 Å². The van der Waals surface area contributed by atoms with Crippen LogP contribution in [0.25, 0.3) is 0 Å². The molecule has 0 radical (unpaired) electrons. The Morgan fingerprint density at radius 2 is 2.25 bits per heavy atom. The van der Waals surface area contributed by atoms with Crippen molar-refractivity contribution in [1.82, 2.24) is 4.98 Å². The first-order valence-corrected chi connectivity index (χ1v) is 4.60. The molecule has 1 heterocycles. The van der Waals surface area contributed by atoms with Crippen molar-refractivity contribution in [3.8, 4) is 0 Å². The van der Waals surface area contributed by atoms with Gasteiger partial charge in [0.05, 0.1) is 24.1 Å². The Labute approximate surface area is 94.2 Å². The summed E-state index contributed by atoms with van der Waals surface area (Å²) in [6.07, 6.45) is -3.32. The van der Waals surface area contributed by atoms with Gasteiger partial charge in [-0.05, 0) is 0 Å². The van der Waals surface area contributed by atoms with Gasteiger partial charge in [-0.25, -0.2) is 8.78 Å². The molecule has 16 heavy (non-hydrogen) atoms. The van der Waals surface area contributed by atoms with Gasteiger partial charge in [0.15, 0.2) is 0 Å². The smallest absolute Gasteiger partial charge is 0.311 e. The second-order valence-electron chi connectivity index (χ2n) is 2.93. The number of pyridine rings is 1. The molecule has 0 saturated carbocycles. The van der Waals surface area contributed by atoms with Crippen LogP contribution in [0, 0.1) is 0 Å². The van der Waals surface area contributed by atoms with Crippen molar-refractivity contribution in [2.45, 2.75) is 12.8 Å². The zero-order valence-corrected chi connectivity index (χ0v) is 8.98. The van der Waals surface area contributed by atoms with E-state index in [1.54, 1.807) is 0 Å². The molecule has 0 aliphatic rings. The molecule has 0 atom stereocenters. The highest BCUT2D eigenvalue weighted by atomic mass is 35.5. The first kappa shape index (κ1) is 12.6. The molecule has 0 amide bonds. The molecule has 0 unspecified atom stereocenters. The maximum absolute atomic E-state index is 12.6. The van der Waals surface area contributed by atoms with Gasteiger partial charge < -0.3 is 9.72 Å². The summed E-state index contributed by atoms with van der Waals surface area (Å²) in [5.74, 6) is -0.736. The van der Waals surface area contributed by atoms with Crippen LogP contribution in [0.2, 0.25) is 5.02 Å². The summed E-state index contributed by atoms with van der Waals surface area (Å²) in [6.45, 7) is 0. The summed E-state index contributed by atoms with van der Waals surface area (Å²) < 4.78 is 29.6. The number of methoxy groups -OCH3 is 1. The lowest BCUT2D eigenvalue weighted by molar-refractivity contribution is -0.139. The van der Waals surface area contributed by atoms with Crippen LogP contribution in [0.5, 0.6) is 0 Å². The fourth-order valence-corrected chi connectivity index (χ4v) is 1.48. The molecule has 4 nitrogen and oxygen atoms in total. The zero-order valence-electron chi connectivity index (χ0n) is 8.22. The molecule has 0 aliphatic carbocycles. The maximum atomic E-state index is 12.6. The number of ether oxygens (including phenoxy) is 1. The van der Waals surface area contributed by atoms with Crippen molar-refractivity contribution in [3.63, 3.8) is 0 Å². The highest BCUT2D eigenvalue weighted by Crippen LogP contribution is 2.28. The maximum Gasteiger partial charge on any atom is 0.311 e. The molecule has 0 spiro atoms. The Hall–Kier alpha value is -1.43. The molecule has 0 aromatic carbocycles. The summed E-state index contributed by atoms with van der Waals surface area (Å²) in [5, 5.41) is -0.363. The topological polar surface area (TPSA) is 59.2 Å². The Bertz CT molecular complexity index is 459. The van der Waals surface area contributed by atoms with Crippen LogP contribution in [0.15, 0.2) is 10.9 Å². The van der Waals surface area contributed by atoms with E-state index in [1.165, 1.54) is 0 Å². The molecular formula is C9H8ClF2NO3. The number of hydrogen-bond donors (Lipinski definition) is 1. The van der Waals surface area contributed by atoms with Crippen LogP contribution in [0.3, 0.4) is 0 Å². The van der Waals surface area contributed by atoms with Crippen molar-refractivity contribution in [3.05, 3.63) is 32.7 Å². The van der Waals surface area contributed by atoms with Crippen molar-refractivity contribution in [1.29, 1.82) is 0 Å². The fraction of sp³-hybridized carbons (Fsp3) is 0.333. The fourth-order valence-electron chi connectivity index (χ4n) is 1.18. The van der Waals surface area contributed by atoms with Gasteiger partial charge in [-0.1, -0.05) is 11.6 Å². The summed E-state index contributed by atoms with van der Waals surface area (Å²) >= 11 is 5.50. The van der Waals surface area contributed by atoms with E-state index in [2.05, 4.69) is 9.72 Å². The zero-order chi connectivity index (χ0) is 12.3. The van der Waals surface area contributed by atoms with Crippen LogP contribution < -0.4 is 5.56 Å². The van der Waals surface area contributed by atoms with Gasteiger partial charge in [0.2, 0.25) is 5.56 Å². The molecule has 0 aliphatic heterocycles. The summed E-state index contributed by atoms with van der Waals surface area (Å²) in [7, 11) is 1.12. The van der Waals surface area contributed by atoms with Crippen LogP contribution in [-0.2, 0) is 16.0 Å². The van der Waals surface area contributed by atoms with Gasteiger partial charge in [-0.2, -0.15) is 0 Å². The third-order valence-corrected chi connectivity index (χ3v) is 2.19. The highest BCUT2D eigenvalue weighted by molar-refractivity contribution is 6.31. The first-order valence-electron chi connectivity index (χ1n) is 4.22. The Kier molecular flexibility index (Phi) is 4.00. The SMILES string of the molecule is COC(=O)Cc1[nH]c(=O)cc(Cl)c1C(F)F. The van der Waals surface area contributed by atoms with Crippen LogP contribution in [0.1, 0.15) is 17.7 Å². The first-order chi connectivity index (χ1) is 7.45. The lowest BCUT2D eigenvalue weighted by Gasteiger charge is -2.09. The van der Waals surface area contributed by atoms with Gasteiger partial charge in [0.25, 0.3) is 6.43 Å². The number of halogens is 3. The Morgan fingerprint density at radius 3 is 2.75 bits per heavy atom. The number of carbonyl (C=O) groups excluding carboxylic acids is 1. The van der Waals surface area contributed by atoms with Gasteiger partial charge in [-0.15, -0.1) is 0 Å². The summed E-state index contributed by atoms with van der Waals surface area (Å²) in [6, 6.07) is 0.837. The van der Waals surface area contributed by atoms with E-state index < -0.39 is 29.9 Å². The lowest BCUT2D eigenvalue weighted by atomic mass is 10.1. The third-order valence-electron chi connectivity index (χ3n) is 1.88. The number of esters is 1. The quantitative estimate of drug-likeness (QED) is 0.832. The van der Waals surface area contributed by atoms with E-state index in [1.807, 2.05) is 0 Å². The van der Waals surface area contributed by atoms with Gasteiger partial charge in [0, 0.05) is 11.8 Å². The molecular weight excluding hydrogens is 244 g/mol. The molecule has 88 valence electrons. The second kappa shape index (κ2) is 5.07. The molecule has 1 rings (SSSR count). The number of hydrogen-bond acceptors (Lipinski definition) is 3. The molecule has 0 fully saturated rings. The number of carbonyl (C=O) groups is 1. The summed E-state index contributed by atoms with van der Waals surface area (Å²) in [4.78, 5) is 24.1. The standard InChI is InChI=1S/C9H8ClF2NO3/c1-16-7(15)3-5-8(9(11)12)4(10)2-6(14)13-5/h2,9H,3H2,1H3,(H,13,14). The molecule has 1 aromatic heterocycles. The Balaban J connectivity index is 3.24. The average Bonchev–Trinajstić information content (AvgIpc) is 2.15. The number of alkyl halides is 2. The number of nitrogens with one attached hydrogen (secondary N) is 1. The van der Waals surface area contributed by atoms with E-state index in [4.69, 9.17) is 11.6 Å². The Morgan fingerprint density at radius 1 is 1.62 bits per heavy atom. The lowest BCUT2D eigenvalue weighted by Crippen LogP contribution is -2.16. The number of aromatic nitrogens is 1. The van der Waals surface area contributed by atoms with E-state index >= 15 is 0 Å². The predicted molar refractivity (Wildman–Crippen MR) is 52.7 cm³/mol. The highest BCUT2D eigenvalue weighted by Gasteiger charge is 2.20. The largest absolute Gasteiger partial charge is 0.469 e. The van der Waals surface area contributed by atoms with Crippen molar-refractivity contribution >= 4 is 17.6 Å². The number of aromatic amines is 1. The predicted octanol–water partition coefficient (Wildman–Crippen LogP) is 1.68. The number of rotatable bonds is 3. The molecule has 0 saturated heterocycles. The van der Waals surface area contributed by atoms with E-state index in [-0.39, 0.29) is 10.7 Å². The molecule has 1 N–H and O–H groups in total. The van der Waals surface area contributed by atoms with Crippen LogP contribution in [-0.4, -0.2) is 18.1 Å². The molecule has 1 aromatic rings. The van der Waals surface area contributed by atoms with Crippen molar-refractivity contribution in [2.75, 3.05) is 7.11 Å². The monoisotopic (exact) mass is 251 g/mol. The van der Waals surface area contributed by atoms with Crippen LogP contribution in [0.4, 0.5) is 8.78 Å². The molecule has 7 heteroatoms. The van der Waals surface area contributed by atoms with Gasteiger partial charge in [-0.3, -0.25) is 9.59 Å². The third kappa shape index (κ3) is 2.79. The molecule has 0 bridgehead atoms. The minimum atomic E-state index is -2.87. The van der Waals surface area contributed by atoms with Crippen molar-refractivity contribution in [2.24, 2.45) is 0 Å². The van der Waals surface area contributed by atoms with Crippen LogP contribution >= 0.6 is 11.6 Å². The minimum absolute atomic E-state index is 0.223. The average molecular weight is 252 g/mol.